The molecule has 1 N–H and O–H groups in total. The van der Waals surface area contributed by atoms with Crippen LogP contribution in [0.1, 0.15) is 21.6 Å². The normalized spacial score (nSPS) is 12.2. The van der Waals surface area contributed by atoms with Crippen molar-refractivity contribution in [3.63, 3.8) is 0 Å². The fourth-order valence-corrected chi connectivity index (χ4v) is 3.37. The maximum atomic E-state index is 13.1. The summed E-state index contributed by atoms with van der Waals surface area (Å²) in [5.74, 6) is 1.77. The molecule has 0 unspecified atom stereocenters. The fourth-order valence-electron chi connectivity index (χ4n) is 3.37. The van der Waals surface area contributed by atoms with Crippen LogP contribution in [0.5, 0.6) is 11.5 Å². The molecule has 3 heterocycles. The molecule has 150 valence electrons. The van der Waals surface area contributed by atoms with Crippen LogP contribution in [0.2, 0.25) is 0 Å². The number of rotatable bonds is 5. The second kappa shape index (κ2) is 7.44. The van der Waals surface area contributed by atoms with Crippen molar-refractivity contribution in [1.29, 1.82) is 0 Å². The first kappa shape index (κ1) is 18.1. The minimum Gasteiger partial charge on any atom is -0.463 e. The number of ether oxygens (including phenoxy) is 2. The van der Waals surface area contributed by atoms with Gasteiger partial charge < -0.3 is 19.2 Å². The molecule has 7 heteroatoms. The number of carbonyl (C=O) groups is 1. The average molecular weight is 401 g/mol. The number of amides is 1. The Hall–Kier alpha value is -4.00. The van der Waals surface area contributed by atoms with E-state index in [1.165, 1.54) is 0 Å². The van der Waals surface area contributed by atoms with Crippen molar-refractivity contribution in [2.75, 3.05) is 6.79 Å². The molecule has 0 fully saturated rings. The molecule has 0 saturated carbocycles. The molecule has 1 amide bonds. The van der Waals surface area contributed by atoms with Crippen molar-refractivity contribution >= 4 is 5.91 Å². The first-order valence-electron chi connectivity index (χ1n) is 9.55. The lowest BCUT2D eigenvalue weighted by Gasteiger charge is -2.09. The third-order valence-electron chi connectivity index (χ3n) is 4.85. The predicted molar refractivity (Wildman–Crippen MR) is 110 cm³/mol. The van der Waals surface area contributed by atoms with Crippen LogP contribution in [-0.2, 0) is 6.54 Å². The molecule has 0 radical (unpaired) electrons. The van der Waals surface area contributed by atoms with Crippen LogP contribution in [0, 0.1) is 6.92 Å². The van der Waals surface area contributed by atoms with E-state index in [0.717, 1.165) is 16.8 Å². The fraction of sp³-hybridized carbons (Fsp3) is 0.130. The highest BCUT2D eigenvalue weighted by atomic mass is 16.7. The maximum Gasteiger partial charge on any atom is 0.270 e. The summed E-state index contributed by atoms with van der Waals surface area (Å²) in [6.45, 7) is 2.57. The molecule has 1 aliphatic heterocycles. The monoisotopic (exact) mass is 401 g/mol. The molecule has 4 aromatic rings. The summed E-state index contributed by atoms with van der Waals surface area (Å²) in [6, 6.07) is 18.8. The standard InChI is InChI=1S/C23H19N3O4/c1-15-4-2-5-17(10-15)26-19(12-18(25-26)20-6-3-9-28-20)23(27)24-13-16-7-8-21-22(11-16)30-14-29-21/h2-12H,13-14H2,1H3,(H,24,27). The van der Waals surface area contributed by atoms with E-state index in [1.807, 2.05) is 55.5 Å². The van der Waals surface area contributed by atoms with Gasteiger partial charge in [0.2, 0.25) is 6.79 Å². The van der Waals surface area contributed by atoms with Crippen molar-refractivity contribution in [2.24, 2.45) is 0 Å². The Kier molecular flexibility index (Phi) is 4.48. The highest BCUT2D eigenvalue weighted by Crippen LogP contribution is 2.32. The van der Waals surface area contributed by atoms with E-state index >= 15 is 0 Å². The van der Waals surface area contributed by atoms with Gasteiger partial charge in [0, 0.05) is 12.6 Å². The first-order chi connectivity index (χ1) is 14.7. The molecule has 0 spiro atoms. The van der Waals surface area contributed by atoms with E-state index in [-0.39, 0.29) is 12.7 Å². The Morgan fingerprint density at radius 1 is 1.07 bits per heavy atom. The Balaban J connectivity index is 1.44. The number of benzene rings is 2. The second-order valence-electron chi connectivity index (χ2n) is 7.01. The van der Waals surface area contributed by atoms with Crippen LogP contribution < -0.4 is 14.8 Å². The summed E-state index contributed by atoms with van der Waals surface area (Å²) < 4.78 is 17.8. The van der Waals surface area contributed by atoms with Gasteiger partial charge in [0.25, 0.3) is 5.91 Å². The zero-order chi connectivity index (χ0) is 20.5. The number of nitrogens with one attached hydrogen (secondary N) is 1. The molecular formula is C23H19N3O4. The van der Waals surface area contributed by atoms with Gasteiger partial charge >= 0.3 is 0 Å². The van der Waals surface area contributed by atoms with Crippen LogP contribution in [0.25, 0.3) is 17.1 Å². The van der Waals surface area contributed by atoms with Crippen molar-refractivity contribution in [3.05, 3.63) is 83.7 Å². The second-order valence-corrected chi connectivity index (χ2v) is 7.01. The van der Waals surface area contributed by atoms with Gasteiger partial charge in [0.1, 0.15) is 11.4 Å². The lowest BCUT2D eigenvalue weighted by Crippen LogP contribution is -2.25. The number of furan rings is 1. The van der Waals surface area contributed by atoms with E-state index in [2.05, 4.69) is 10.4 Å². The Morgan fingerprint density at radius 2 is 1.97 bits per heavy atom. The number of aryl methyl sites for hydroxylation is 1. The highest BCUT2D eigenvalue weighted by molar-refractivity contribution is 5.94. The van der Waals surface area contributed by atoms with E-state index in [4.69, 9.17) is 13.9 Å². The zero-order valence-electron chi connectivity index (χ0n) is 16.3. The Bertz CT molecular complexity index is 1210. The number of aromatic nitrogens is 2. The molecule has 0 atom stereocenters. The van der Waals surface area contributed by atoms with Crippen molar-refractivity contribution in [3.8, 4) is 28.6 Å². The molecule has 30 heavy (non-hydrogen) atoms. The molecule has 2 aromatic heterocycles. The zero-order valence-corrected chi connectivity index (χ0v) is 16.3. The minimum atomic E-state index is -0.237. The Morgan fingerprint density at radius 3 is 2.80 bits per heavy atom. The van der Waals surface area contributed by atoms with Gasteiger partial charge in [0.15, 0.2) is 17.3 Å². The summed E-state index contributed by atoms with van der Waals surface area (Å²) in [6.07, 6.45) is 1.58. The van der Waals surface area contributed by atoms with Gasteiger partial charge in [-0.05, 0) is 54.4 Å². The van der Waals surface area contributed by atoms with E-state index in [0.29, 0.717) is 35.2 Å². The molecular weight excluding hydrogens is 382 g/mol. The van der Waals surface area contributed by atoms with Crippen LogP contribution in [0.3, 0.4) is 0 Å². The quantitative estimate of drug-likeness (QED) is 0.545. The number of fused-ring (bicyclic) bond motifs is 1. The summed E-state index contributed by atoms with van der Waals surface area (Å²) >= 11 is 0. The first-order valence-corrected chi connectivity index (χ1v) is 9.55. The largest absolute Gasteiger partial charge is 0.463 e. The maximum absolute atomic E-state index is 13.1. The molecule has 0 aliphatic carbocycles. The molecule has 0 bridgehead atoms. The predicted octanol–water partition coefficient (Wildman–Crippen LogP) is 4.10. The molecule has 7 nitrogen and oxygen atoms in total. The van der Waals surface area contributed by atoms with Gasteiger partial charge in [-0.15, -0.1) is 0 Å². The summed E-state index contributed by atoms with van der Waals surface area (Å²) in [4.78, 5) is 13.1. The molecule has 2 aromatic carbocycles. The van der Waals surface area contributed by atoms with Crippen LogP contribution in [0.4, 0.5) is 0 Å². The van der Waals surface area contributed by atoms with Crippen molar-refractivity contribution < 1.29 is 18.7 Å². The summed E-state index contributed by atoms with van der Waals surface area (Å²) in [5.41, 5.74) is 3.82. The topological polar surface area (TPSA) is 78.5 Å². The van der Waals surface area contributed by atoms with Gasteiger partial charge in [-0.1, -0.05) is 18.2 Å². The summed E-state index contributed by atoms with van der Waals surface area (Å²) in [5, 5.41) is 7.58. The van der Waals surface area contributed by atoms with Gasteiger partial charge in [-0.25, -0.2) is 4.68 Å². The van der Waals surface area contributed by atoms with Crippen LogP contribution in [0.15, 0.2) is 71.3 Å². The minimum absolute atomic E-state index is 0.219. The smallest absolute Gasteiger partial charge is 0.270 e. The molecule has 1 aliphatic rings. The Labute approximate surface area is 172 Å². The number of carbonyl (C=O) groups excluding carboxylic acids is 1. The van der Waals surface area contributed by atoms with E-state index in [1.54, 1.807) is 23.1 Å². The van der Waals surface area contributed by atoms with Crippen LogP contribution >= 0.6 is 0 Å². The van der Waals surface area contributed by atoms with Gasteiger partial charge in [-0.3, -0.25) is 4.79 Å². The third-order valence-corrected chi connectivity index (χ3v) is 4.85. The number of nitrogens with zero attached hydrogens (tertiary/aromatic N) is 2. The molecule has 0 saturated heterocycles. The average Bonchev–Trinajstić information content (AvgIpc) is 3.51. The lowest BCUT2D eigenvalue weighted by atomic mass is 10.2. The molecule has 5 rings (SSSR count). The van der Waals surface area contributed by atoms with Gasteiger partial charge in [0.05, 0.1) is 12.0 Å². The number of hydrogen-bond donors (Lipinski definition) is 1. The SMILES string of the molecule is Cc1cccc(-n2nc(-c3ccco3)cc2C(=O)NCc2ccc3c(c2)OCO3)c1. The van der Waals surface area contributed by atoms with E-state index in [9.17, 15) is 4.79 Å². The number of hydrogen-bond acceptors (Lipinski definition) is 5. The van der Waals surface area contributed by atoms with Crippen molar-refractivity contribution in [2.45, 2.75) is 13.5 Å². The highest BCUT2D eigenvalue weighted by Gasteiger charge is 2.19. The summed E-state index contributed by atoms with van der Waals surface area (Å²) in [7, 11) is 0. The van der Waals surface area contributed by atoms with Gasteiger partial charge in [-0.2, -0.15) is 5.10 Å². The third kappa shape index (κ3) is 3.41. The lowest BCUT2D eigenvalue weighted by molar-refractivity contribution is 0.0943. The van der Waals surface area contributed by atoms with Crippen molar-refractivity contribution in [1.82, 2.24) is 15.1 Å². The van der Waals surface area contributed by atoms with Crippen LogP contribution in [-0.4, -0.2) is 22.5 Å². The van der Waals surface area contributed by atoms with E-state index < -0.39 is 0 Å².